The van der Waals surface area contributed by atoms with Crippen LogP contribution in [0.15, 0.2) is 97.1 Å². The third-order valence-corrected chi connectivity index (χ3v) is 5.70. The summed E-state index contributed by atoms with van der Waals surface area (Å²) in [5.74, 6) is 0. The molecule has 0 aliphatic carbocycles. The van der Waals surface area contributed by atoms with Gasteiger partial charge in [-0.3, -0.25) is 9.58 Å². The molecule has 0 aliphatic heterocycles. The highest BCUT2D eigenvalue weighted by molar-refractivity contribution is 5.68. The summed E-state index contributed by atoms with van der Waals surface area (Å²) in [7, 11) is 0. The average molecular weight is 396 g/mol. The molecule has 3 aromatic carbocycles. The van der Waals surface area contributed by atoms with Gasteiger partial charge >= 0.3 is 0 Å². The monoisotopic (exact) mass is 395 g/mol. The van der Waals surface area contributed by atoms with Gasteiger partial charge in [-0.1, -0.05) is 105 Å². The van der Waals surface area contributed by atoms with Gasteiger partial charge in [0.15, 0.2) is 0 Å². The molecule has 1 atom stereocenters. The largest absolute Gasteiger partial charge is 0.295 e. The molecule has 1 unspecified atom stereocenters. The Bertz CT molecular complexity index is 1040. The lowest BCUT2D eigenvalue weighted by Crippen LogP contribution is -2.32. The molecular formula is C27H29N3. The molecule has 0 N–H and O–H groups in total. The van der Waals surface area contributed by atoms with Gasteiger partial charge in [-0.25, -0.2) is 0 Å². The Morgan fingerprint density at radius 1 is 0.733 bits per heavy atom. The summed E-state index contributed by atoms with van der Waals surface area (Å²) in [5, 5.41) is 5.06. The number of aromatic nitrogens is 2. The van der Waals surface area contributed by atoms with E-state index in [1.165, 1.54) is 11.1 Å². The van der Waals surface area contributed by atoms with E-state index < -0.39 is 0 Å². The lowest BCUT2D eigenvalue weighted by molar-refractivity contribution is 0.194. The third kappa shape index (κ3) is 4.37. The molecule has 4 aromatic rings. The second-order valence-corrected chi connectivity index (χ2v) is 7.48. The summed E-state index contributed by atoms with van der Waals surface area (Å²) in [6.07, 6.45) is 0. The zero-order valence-corrected chi connectivity index (χ0v) is 17.8. The number of hydrogen-bond acceptors (Lipinski definition) is 2. The van der Waals surface area contributed by atoms with Gasteiger partial charge in [0, 0.05) is 5.56 Å². The minimum absolute atomic E-state index is 0.271. The second kappa shape index (κ2) is 9.55. The number of nitrogens with zero attached hydrogens (tertiary/aromatic N) is 3. The Labute approximate surface area is 179 Å². The van der Waals surface area contributed by atoms with Gasteiger partial charge in [-0.05, 0) is 30.3 Å². The van der Waals surface area contributed by atoms with E-state index >= 15 is 0 Å². The van der Waals surface area contributed by atoms with Crippen molar-refractivity contribution >= 4 is 0 Å². The Hall–Kier alpha value is -3.17. The molecule has 1 heterocycles. The van der Waals surface area contributed by atoms with Crippen molar-refractivity contribution in [2.24, 2.45) is 0 Å². The SMILES string of the molecule is CCN(CC)C(Cn1nc(-c2ccccc2)cc1-c1ccccc1)c1ccccc1. The first-order valence-electron chi connectivity index (χ1n) is 10.8. The summed E-state index contributed by atoms with van der Waals surface area (Å²) < 4.78 is 2.19. The summed E-state index contributed by atoms with van der Waals surface area (Å²) in [6, 6.07) is 34.3. The molecule has 0 fully saturated rings. The molecule has 3 heteroatoms. The molecule has 152 valence electrons. The Morgan fingerprint density at radius 3 is 1.83 bits per heavy atom. The molecule has 0 saturated heterocycles. The van der Waals surface area contributed by atoms with E-state index in [-0.39, 0.29) is 6.04 Å². The molecule has 0 saturated carbocycles. The van der Waals surface area contributed by atoms with E-state index in [9.17, 15) is 0 Å². The van der Waals surface area contributed by atoms with Crippen LogP contribution >= 0.6 is 0 Å². The lowest BCUT2D eigenvalue weighted by atomic mass is 10.0. The number of hydrogen-bond donors (Lipinski definition) is 0. The lowest BCUT2D eigenvalue weighted by Gasteiger charge is -2.30. The van der Waals surface area contributed by atoms with Crippen molar-refractivity contribution in [2.45, 2.75) is 26.4 Å². The van der Waals surface area contributed by atoms with Gasteiger partial charge in [0.05, 0.1) is 24.0 Å². The first-order chi connectivity index (χ1) is 14.8. The van der Waals surface area contributed by atoms with Crippen LogP contribution in [0.5, 0.6) is 0 Å². The van der Waals surface area contributed by atoms with E-state index in [2.05, 4.69) is 114 Å². The van der Waals surface area contributed by atoms with Crippen LogP contribution in [-0.2, 0) is 6.54 Å². The van der Waals surface area contributed by atoms with E-state index in [0.717, 1.165) is 36.6 Å². The van der Waals surface area contributed by atoms with Gasteiger partial charge in [-0.15, -0.1) is 0 Å². The van der Waals surface area contributed by atoms with Crippen LogP contribution in [0.4, 0.5) is 0 Å². The topological polar surface area (TPSA) is 21.1 Å². The van der Waals surface area contributed by atoms with Crippen molar-refractivity contribution in [1.29, 1.82) is 0 Å². The standard InChI is InChI=1S/C27H29N3/c1-3-29(4-2)27(24-18-12-7-13-19-24)21-30-26(23-16-10-6-11-17-23)20-25(28-30)22-14-8-5-9-15-22/h5-20,27H,3-4,21H2,1-2H3. The van der Waals surface area contributed by atoms with Gasteiger partial charge in [0.25, 0.3) is 0 Å². The van der Waals surface area contributed by atoms with E-state index in [0.29, 0.717) is 0 Å². The molecule has 0 radical (unpaired) electrons. The average Bonchev–Trinajstić information content (AvgIpc) is 3.25. The first-order valence-corrected chi connectivity index (χ1v) is 10.8. The van der Waals surface area contributed by atoms with Crippen LogP contribution in [0.1, 0.15) is 25.5 Å². The Kier molecular flexibility index (Phi) is 6.41. The minimum atomic E-state index is 0.271. The quantitative estimate of drug-likeness (QED) is 0.349. The van der Waals surface area contributed by atoms with Crippen LogP contribution in [0, 0.1) is 0 Å². The smallest absolute Gasteiger partial charge is 0.0929 e. The molecule has 0 aliphatic rings. The molecule has 4 rings (SSSR count). The van der Waals surface area contributed by atoms with E-state index in [4.69, 9.17) is 5.10 Å². The van der Waals surface area contributed by atoms with Crippen LogP contribution in [0.3, 0.4) is 0 Å². The minimum Gasteiger partial charge on any atom is -0.295 e. The van der Waals surface area contributed by atoms with Crippen molar-refractivity contribution in [1.82, 2.24) is 14.7 Å². The zero-order chi connectivity index (χ0) is 20.8. The number of rotatable bonds is 8. The van der Waals surface area contributed by atoms with Gasteiger partial charge in [0.1, 0.15) is 0 Å². The van der Waals surface area contributed by atoms with Gasteiger partial charge in [-0.2, -0.15) is 5.10 Å². The van der Waals surface area contributed by atoms with Crippen molar-refractivity contribution < 1.29 is 0 Å². The molecule has 1 aromatic heterocycles. The maximum absolute atomic E-state index is 5.06. The van der Waals surface area contributed by atoms with Crippen molar-refractivity contribution in [3.63, 3.8) is 0 Å². The summed E-state index contributed by atoms with van der Waals surface area (Å²) >= 11 is 0. The summed E-state index contributed by atoms with van der Waals surface area (Å²) in [5.41, 5.74) is 5.84. The molecule has 0 amide bonds. The Morgan fingerprint density at radius 2 is 1.27 bits per heavy atom. The summed E-state index contributed by atoms with van der Waals surface area (Å²) in [4.78, 5) is 2.51. The predicted molar refractivity (Wildman–Crippen MR) is 125 cm³/mol. The zero-order valence-electron chi connectivity index (χ0n) is 17.8. The third-order valence-electron chi connectivity index (χ3n) is 5.70. The van der Waals surface area contributed by atoms with Gasteiger partial charge < -0.3 is 0 Å². The van der Waals surface area contributed by atoms with Crippen LogP contribution in [0.25, 0.3) is 22.5 Å². The van der Waals surface area contributed by atoms with Crippen molar-refractivity contribution in [3.05, 3.63) is 103 Å². The highest BCUT2D eigenvalue weighted by Crippen LogP contribution is 2.29. The molecule has 3 nitrogen and oxygen atoms in total. The highest BCUT2D eigenvalue weighted by atomic mass is 15.3. The van der Waals surface area contributed by atoms with Crippen molar-refractivity contribution in [2.75, 3.05) is 13.1 Å². The van der Waals surface area contributed by atoms with Crippen LogP contribution in [-0.4, -0.2) is 27.8 Å². The summed E-state index contributed by atoms with van der Waals surface area (Å²) in [6.45, 7) is 7.28. The highest BCUT2D eigenvalue weighted by Gasteiger charge is 2.21. The van der Waals surface area contributed by atoms with Crippen LogP contribution in [0.2, 0.25) is 0 Å². The van der Waals surface area contributed by atoms with Crippen molar-refractivity contribution in [3.8, 4) is 22.5 Å². The van der Waals surface area contributed by atoms with Gasteiger partial charge in [0.2, 0.25) is 0 Å². The first kappa shape index (κ1) is 20.1. The fourth-order valence-electron chi connectivity index (χ4n) is 4.08. The molecule has 30 heavy (non-hydrogen) atoms. The van der Waals surface area contributed by atoms with E-state index in [1.807, 2.05) is 6.07 Å². The molecule has 0 bridgehead atoms. The maximum atomic E-state index is 5.06. The number of benzene rings is 3. The van der Waals surface area contributed by atoms with E-state index in [1.54, 1.807) is 0 Å². The van der Waals surface area contributed by atoms with Crippen LogP contribution < -0.4 is 0 Å². The fraction of sp³-hybridized carbons (Fsp3) is 0.222. The molecular weight excluding hydrogens is 366 g/mol. The Balaban J connectivity index is 1.78. The fourth-order valence-corrected chi connectivity index (χ4v) is 4.08. The normalized spacial score (nSPS) is 12.2. The maximum Gasteiger partial charge on any atom is 0.0929 e. The molecule has 0 spiro atoms. The number of likely N-dealkylation sites (N-methyl/N-ethyl adjacent to an activating group) is 1. The second-order valence-electron chi connectivity index (χ2n) is 7.48. The predicted octanol–water partition coefficient (Wildman–Crippen LogP) is 6.30.